The highest BCUT2D eigenvalue weighted by atomic mass is 15.3. The van der Waals surface area contributed by atoms with Crippen molar-refractivity contribution in [2.24, 2.45) is 0 Å². The normalized spacial score (nSPS) is 26.3. The molecule has 0 radical (unpaired) electrons. The molecule has 2 fully saturated rings. The highest BCUT2D eigenvalue weighted by Crippen LogP contribution is 2.36. The van der Waals surface area contributed by atoms with Crippen molar-refractivity contribution >= 4 is 16.7 Å². The second-order valence-corrected chi connectivity index (χ2v) is 6.45. The van der Waals surface area contributed by atoms with Crippen molar-refractivity contribution in [3.05, 3.63) is 30.1 Å². The summed E-state index contributed by atoms with van der Waals surface area (Å²) in [5.41, 5.74) is 1.07. The lowest BCUT2D eigenvalue weighted by atomic mass is 10.1. The lowest BCUT2D eigenvalue weighted by molar-refractivity contribution is 0.315. The first kappa shape index (κ1) is 13.0. The third-order valence-corrected chi connectivity index (χ3v) is 4.93. The smallest absolute Gasteiger partial charge is 0.140 e. The van der Waals surface area contributed by atoms with Crippen LogP contribution in [0.15, 0.2) is 24.3 Å². The number of fused-ring (bicyclic) bond motifs is 3. The number of aryl methyl sites for hydroxylation is 1. The van der Waals surface area contributed by atoms with Gasteiger partial charge in [0.05, 0.1) is 5.52 Å². The fraction of sp³-hybridized carbons (Fsp3) is 0.529. The van der Waals surface area contributed by atoms with Crippen LogP contribution in [0.3, 0.4) is 0 Å². The molecule has 4 nitrogen and oxygen atoms in total. The summed E-state index contributed by atoms with van der Waals surface area (Å²) in [6.45, 7) is 4.34. The third kappa shape index (κ3) is 2.18. The standard InChI is InChI=1S/C17H22N4/c1-12-18-16-6-4-3-5-15(16)17(19-12)21-13-7-8-14(21)11-20(2)10-9-13/h3-6,13-14H,7-11H2,1-2H3/t13-,14+/m1/s1. The van der Waals surface area contributed by atoms with Gasteiger partial charge < -0.3 is 9.80 Å². The molecule has 0 N–H and O–H groups in total. The summed E-state index contributed by atoms with van der Waals surface area (Å²) in [7, 11) is 2.24. The average Bonchev–Trinajstić information content (AvgIpc) is 2.77. The monoisotopic (exact) mass is 282 g/mol. The number of benzene rings is 1. The number of likely N-dealkylation sites (N-methyl/N-ethyl adjacent to an activating group) is 1. The summed E-state index contributed by atoms with van der Waals surface area (Å²) >= 11 is 0. The zero-order valence-corrected chi connectivity index (χ0v) is 12.8. The summed E-state index contributed by atoms with van der Waals surface area (Å²) < 4.78 is 0. The number of likely N-dealkylation sites (tertiary alicyclic amines) is 1. The molecule has 2 bridgehead atoms. The lowest BCUT2D eigenvalue weighted by Crippen LogP contribution is -2.39. The second kappa shape index (κ2) is 4.95. The maximum absolute atomic E-state index is 4.83. The molecule has 110 valence electrons. The number of nitrogens with zero attached hydrogens (tertiary/aromatic N) is 4. The van der Waals surface area contributed by atoms with Crippen LogP contribution in [0.4, 0.5) is 5.82 Å². The van der Waals surface area contributed by atoms with Gasteiger partial charge in [0, 0.05) is 24.0 Å². The van der Waals surface area contributed by atoms with E-state index in [1.54, 1.807) is 0 Å². The molecule has 21 heavy (non-hydrogen) atoms. The van der Waals surface area contributed by atoms with Gasteiger partial charge in [-0.05, 0) is 51.9 Å². The van der Waals surface area contributed by atoms with Crippen molar-refractivity contribution in [1.29, 1.82) is 0 Å². The molecule has 0 amide bonds. The molecule has 0 saturated carbocycles. The first-order valence-electron chi connectivity index (χ1n) is 7.92. The maximum Gasteiger partial charge on any atom is 0.140 e. The van der Waals surface area contributed by atoms with Gasteiger partial charge in [-0.2, -0.15) is 0 Å². The molecule has 2 aliphatic rings. The van der Waals surface area contributed by atoms with Gasteiger partial charge in [0.2, 0.25) is 0 Å². The molecule has 0 unspecified atom stereocenters. The number of aromatic nitrogens is 2. The maximum atomic E-state index is 4.83. The Kier molecular flexibility index (Phi) is 3.07. The molecule has 2 aliphatic heterocycles. The van der Waals surface area contributed by atoms with E-state index < -0.39 is 0 Å². The number of hydrogen-bond donors (Lipinski definition) is 0. The van der Waals surface area contributed by atoms with E-state index in [2.05, 4.69) is 46.1 Å². The molecular weight excluding hydrogens is 260 g/mol. The summed E-state index contributed by atoms with van der Waals surface area (Å²) in [6, 6.07) is 9.65. The van der Waals surface area contributed by atoms with Crippen LogP contribution < -0.4 is 4.90 Å². The van der Waals surface area contributed by atoms with Crippen LogP contribution in [-0.2, 0) is 0 Å². The highest BCUT2D eigenvalue weighted by Gasteiger charge is 2.37. The van der Waals surface area contributed by atoms with Crippen LogP contribution in [0.1, 0.15) is 25.1 Å². The van der Waals surface area contributed by atoms with E-state index in [0.717, 1.165) is 23.7 Å². The van der Waals surface area contributed by atoms with E-state index >= 15 is 0 Å². The molecule has 4 rings (SSSR count). The Labute approximate surface area is 125 Å². The van der Waals surface area contributed by atoms with Crippen molar-refractivity contribution in [3.63, 3.8) is 0 Å². The van der Waals surface area contributed by atoms with Crippen LogP contribution in [0.2, 0.25) is 0 Å². The number of anilines is 1. The second-order valence-electron chi connectivity index (χ2n) is 6.45. The largest absolute Gasteiger partial charge is 0.349 e. The molecule has 3 heterocycles. The van der Waals surface area contributed by atoms with Gasteiger partial charge >= 0.3 is 0 Å². The van der Waals surface area contributed by atoms with Crippen molar-refractivity contribution in [2.45, 2.75) is 38.3 Å². The highest BCUT2D eigenvalue weighted by molar-refractivity contribution is 5.90. The molecule has 1 aromatic carbocycles. The first-order chi connectivity index (χ1) is 10.2. The molecule has 4 heteroatoms. The summed E-state index contributed by atoms with van der Waals surface area (Å²) in [4.78, 5) is 14.5. The van der Waals surface area contributed by atoms with Crippen LogP contribution >= 0.6 is 0 Å². The van der Waals surface area contributed by atoms with E-state index in [1.165, 1.54) is 31.2 Å². The fourth-order valence-corrected chi connectivity index (χ4v) is 3.96. The fourth-order valence-electron chi connectivity index (χ4n) is 3.96. The molecule has 2 aromatic rings. The van der Waals surface area contributed by atoms with Gasteiger partial charge in [-0.25, -0.2) is 9.97 Å². The Morgan fingerprint density at radius 2 is 1.86 bits per heavy atom. The van der Waals surface area contributed by atoms with Crippen molar-refractivity contribution in [3.8, 4) is 0 Å². The molecule has 0 spiro atoms. The van der Waals surface area contributed by atoms with Gasteiger partial charge in [-0.15, -0.1) is 0 Å². The zero-order chi connectivity index (χ0) is 14.4. The summed E-state index contributed by atoms with van der Waals surface area (Å²) in [6.07, 6.45) is 3.83. The van der Waals surface area contributed by atoms with E-state index in [4.69, 9.17) is 4.98 Å². The molecule has 0 aliphatic carbocycles. The minimum absolute atomic E-state index is 0.597. The van der Waals surface area contributed by atoms with Gasteiger partial charge in [-0.1, -0.05) is 12.1 Å². The van der Waals surface area contributed by atoms with E-state index in [9.17, 15) is 0 Å². The topological polar surface area (TPSA) is 32.3 Å². The molecule has 1 aromatic heterocycles. The molecule has 2 saturated heterocycles. The number of para-hydroxylation sites is 1. The van der Waals surface area contributed by atoms with Crippen molar-refractivity contribution in [2.75, 3.05) is 25.0 Å². The van der Waals surface area contributed by atoms with Gasteiger partial charge in [-0.3, -0.25) is 0 Å². The molecule has 2 atom stereocenters. The Hall–Kier alpha value is -1.68. The minimum Gasteiger partial charge on any atom is -0.349 e. The third-order valence-electron chi connectivity index (χ3n) is 4.93. The predicted molar refractivity (Wildman–Crippen MR) is 85.7 cm³/mol. The van der Waals surface area contributed by atoms with Crippen LogP contribution in [0.25, 0.3) is 10.9 Å². The van der Waals surface area contributed by atoms with Crippen molar-refractivity contribution in [1.82, 2.24) is 14.9 Å². The quantitative estimate of drug-likeness (QED) is 0.805. The Bertz CT molecular complexity index is 669. The minimum atomic E-state index is 0.597. The lowest BCUT2D eigenvalue weighted by Gasteiger charge is -2.30. The first-order valence-corrected chi connectivity index (χ1v) is 7.92. The summed E-state index contributed by atoms with van der Waals surface area (Å²) in [5.74, 6) is 2.03. The Balaban J connectivity index is 1.86. The predicted octanol–water partition coefficient (Wildman–Crippen LogP) is 2.61. The summed E-state index contributed by atoms with van der Waals surface area (Å²) in [5, 5.41) is 1.20. The van der Waals surface area contributed by atoms with E-state index in [-0.39, 0.29) is 0 Å². The number of hydrogen-bond acceptors (Lipinski definition) is 4. The zero-order valence-electron chi connectivity index (χ0n) is 12.8. The van der Waals surface area contributed by atoms with E-state index in [1.807, 2.05) is 6.92 Å². The molecular formula is C17H22N4. The van der Waals surface area contributed by atoms with Gasteiger partial charge in [0.15, 0.2) is 0 Å². The SMILES string of the molecule is Cc1nc(N2[C@@H]3CC[C@H]2CN(C)CC3)c2ccccc2n1. The van der Waals surface area contributed by atoms with Gasteiger partial charge in [0.1, 0.15) is 11.6 Å². The van der Waals surface area contributed by atoms with Gasteiger partial charge in [0.25, 0.3) is 0 Å². The van der Waals surface area contributed by atoms with Crippen LogP contribution in [0.5, 0.6) is 0 Å². The van der Waals surface area contributed by atoms with Crippen LogP contribution in [0, 0.1) is 6.92 Å². The average molecular weight is 282 g/mol. The van der Waals surface area contributed by atoms with Crippen molar-refractivity contribution < 1.29 is 0 Å². The Morgan fingerprint density at radius 1 is 1.05 bits per heavy atom. The Morgan fingerprint density at radius 3 is 2.76 bits per heavy atom. The van der Waals surface area contributed by atoms with Crippen LogP contribution in [-0.4, -0.2) is 47.1 Å². The van der Waals surface area contributed by atoms with E-state index in [0.29, 0.717) is 12.1 Å². The number of rotatable bonds is 1.